The van der Waals surface area contributed by atoms with Gasteiger partial charge in [-0.15, -0.1) is 0 Å². The van der Waals surface area contributed by atoms with Crippen molar-refractivity contribution in [3.05, 3.63) is 47.8 Å². The average molecular weight is 316 g/mol. The van der Waals surface area contributed by atoms with Crippen LogP contribution in [0.2, 0.25) is 0 Å². The molecular formula is C14H12F4N2S. The second-order valence-electron chi connectivity index (χ2n) is 4.17. The molecule has 0 bridgehead atoms. The van der Waals surface area contributed by atoms with Gasteiger partial charge in [-0.3, -0.25) is 0 Å². The molecule has 0 fully saturated rings. The Kier molecular flexibility index (Phi) is 4.72. The third-order valence-corrected chi connectivity index (χ3v) is 3.41. The lowest BCUT2D eigenvalue weighted by molar-refractivity contribution is -0.137. The van der Waals surface area contributed by atoms with E-state index in [1.54, 1.807) is 13.0 Å². The summed E-state index contributed by atoms with van der Waals surface area (Å²) in [7, 11) is 0. The number of hydrogen-bond donors (Lipinski definition) is 1. The van der Waals surface area contributed by atoms with Crippen molar-refractivity contribution in [3.8, 4) is 0 Å². The minimum Gasteiger partial charge on any atom is -0.370 e. The molecule has 0 radical (unpaired) electrons. The third kappa shape index (κ3) is 4.35. The second-order valence-corrected chi connectivity index (χ2v) is 5.26. The molecule has 0 saturated carbocycles. The van der Waals surface area contributed by atoms with E-state index in [9.17, 15) is 17.6 Å². The summed E-state index contributed by atoms with van der Waals surface area (Å²) in [6.45, 7) is 2.22. The van der Waals surface area contributed by atoms with Crippen LogP contribution in [0.3, 0.4) is 0 Å². The fourth-order valence-corrected chi connectivity index (χ4v) is 2.53. The summed E-state index contributed by atoms with van der Waals surface area (Å²) in [6.07, 6.45) is -4.45. The standard InChI is InChI=1S/C14H12F4N2S/c1-2-19-12-6-9(14(16,17)18)7-13(20-12)21-11-5-3-4-10(15)8-11/h3-8H,2H2,1H3,(H,19,20). The van der Waals surface area contributed by atoms with Gasteiger partial charge in [-0.25, -0.2) is 9.37 Å². The van der Waals surface area contributed by atoms with E-state index < -0.39 is 17.6 Å². The van der Waals surface area contributed by atoms with Crippen LogP contribution in [0.1, 0.15) is 12.5 Å². The zero-order valence-electron chi connectivity index (χ0n) is 11.0. The van der Waals surface area contributed by atoms with Crippen molar-refractivity contribution in [3.63, 3.8) is 0 Å². The van der Waals surface area contributed by atoms with E-state index in [1.807, 2.05) is 0 Å². The molecule has 2 aromatic rings. The van der Waals surface area contributed by atoms with Crippen LogP contribution in [0.15, 0.2) is 46.3 Å². The Morgan fingerprint density at radius 1 is 1.19 bits per heavy atom. The average Bonchev–Trinajstić information content (AvgIpc) is 2.37. The Bertz CT molecular complexity index is 629. The molecule has 1 heterocycles. The Balaban J connectivity index is 2.35. The number of hydrogen-bond acceptors (Lipinski definition) is 3. The first-order chi connectivity index (χ1) is 9.88. The number of halogens is 4. The molecule has 0 aliphatic carbocycles. The lowest BCUT2D eigenvalue weighted by Crippen LogP contribution is -2.08. The van der Waals surface area contributed by atoms with E-state index in [0.717, 1.165) is 23.9 Å². The molecule has 0 spiro atoms. The van der Waals surface area contributed by atoms with E-state index in [4.69, 9.17) is 0 Å². The number of pyridine rings is 1. The van der Waals surface area contributed by atoms with Crippen molar-refractivity contribution in [2.75, 3.05) is 11.9 Å². The molecular weight excluding hydrogens is 304 g/mol. The van der Waals surface area contributed by atoms with Gasteiger partial charge >= 0.3 is 6.18 Å². The smallest absolute Gasteiger partial charge is 0.370 e. The highest BCUT2D eigenvalue weighted by atomic mass is 32.2. The van der Waals surface area contributed by atoms with Crippen LogP contribution in [0.25, 0.3) is 0 Å². The van der Waals surface area contributed by atoms with Crippen molar-refractivity contribution in [2.45, 2.75) is 23.0 Å². The Labute approximate surface area is 123 Å². The lowest BCUT2D eigenvalue weighted by Gasteiger charge is -2.11. The number of alkyl halides is 3. The Morgan fingerprint density at radius 3 is 2.57 bits per heavy atom. The van der Waals surface area contributed by atoms with Gasteiger partial charge in [-0.1, -0.05) is 17.8 Å². The predicted molar refractivity (Wildman–Crippen MR) is 73.9 cm³/mol. The minimum absolute atomic E-state index is 0.145. The molecule has 1 aromatic heterocycles. The summed E-state index contributed by atoms with van der Waals surface area (Å²) in [6, 6.07) is 7.54. The highest BCUT2D eigenvalue weighted by Gasteiger charge is 2.31. The van der Waals surface area contributed by atoms with Gasteiger partial charge in [0, 0.05) is 11.4 Å². The number of aromatic nitrogens is 1. The lowest BCUT2D eigenvalue weighted by atomic mass is 10.2. The molecule has 0 unspecified atom stereocenters. The van der Waals surface area contributed by atoms with E-state index in [-0.39, 0.29) is 10.8 Å². The van der Waals surface area contributed by atoms with Crippen LogP contribution in [-0.4, -0.2) is 11.5 Å². The van der Waals surface area contributed by atoms with E-state index in [0.29, 0.717) is 11.4 Å². The fourth-order valence-electron chi connectivity index (χ4n) is 1.64. The molecule has 21 heavy (non-hydrogen) atoms. The van der Waals surface area contributed by atoms with Crippen LogP contribution >= 0.6 is 11.8 Å². The number of anilines is 1. The maximum atomic E-state index is 13.1. The van der Waals surface area contributed by atoms with Gasteiger partial charge in [0.15, 0.2) is 0 Å². The largest absolute Gasteiger partial charge is 0.416 e. The molecule has 0 aliphatic rings. The van der Waals surface area contributed by atoms with Gasteiger partial charge in [0.2, 0.25) is 0 Å². The molecule has 7 heteroatoms. The van der Waals surface area contributed by atoms with Gasteiger partial charge in [-0.2, -0.15) is 13.2 Å². The summed E-state index contributed by atoms with van der Waals surface area (Å²) < 4.78 is 51.7. The summed E-state index contributed by atoms with van der Waals surface area (Å²) in [5.41, 5.74) is -0.785. The monoisotopic (exact) mass is 316 g/mol. The van der Waals surface area contributed by atoms with Crippen LogP contribution < -0.4 is 5.32 Å². The van der Waals surface area contributed by atoms with Crippen LogP contribution in [-0.2, 0) is 6.18 Å². The summed E-state index contributed by atoms with van der Waals surface area (Å²) in [5, 5.41) is 2.92. The van der Waals surface area contributed by atoms with Crippen LogP contribution in [0.4, 0.5) is 23.4 Å². The molecule has 0 atom stereocenters. The normalized spacial score (nSPS) is 11.5. The number of rotatable bonds is 4. The molecule has 0 aliphatic heterocycles. The van der Waals surface area contributed by atoms with E-state index in [1.165, 1.54) is 18.2 Å². The first-order valence-corrected chi connectivity index (χ1v) is 6.96. The minimum atomic E-state index is -4.45. The zero-order chi connectivity index (χ0) is 15.5. The van der Waals surface area contributed by atoms with E-state index in [2.05, 4.69) is 10.3 Å². The summed E-state index contributed by atoms with van der Waals surface area (Å²) in [5.74, 6) is -0.301. The zero-order valence-corrected chi connectivity index (χ0v) is 11.9. The number of nitrogens with zero attached hydrogens (tertiary/aromatic N) is 1. The van der Waals surface area contributed by atoms with Crippen LogP contribution in [0, 0.1) is 5.82 Å². The highest BCUT2D eigenvalue weighted by molar-refractivity contribution is 7.99. The van der Waals surface area contributed by atoms with Crippen molar-refractivity contribution in [1.82, 2.24) is 4.98 Å². The summed E-state index contributed by atoms with van der Waals surface area (Å²) >= 11 is 0.981. The molecule has 2 rings (SSSR count). The maximum absolute atomic E-state index is 13.1. The molecule has 2 nitrogen and oxygen atoms in total. The maximum Gasteiger partial charge on any atom is 0.416 e. The molecule has 0 saturated heterocycles. The van der Waals surface area contributed by atoms with Crippen molar-refractivity contribution in [1.29, 1.82) is 0 Å². The van der Waals surface area contributed by atoms with Gasteiger partial charge in [0.1, 0.15) is 16.7 Å². The quantitative estimate of drug-likeness (QED) is 0.818. The number of benzene rings is 1. The van der Waals surface area contributed by atoms with Crippen molar-refractivity contribution >= 4 is 17.6 Å². The fraction of sp³-hybridized carbons (Fsp3) is 0.214. The number of nitrogens with one attached hydrogen (secondary N) is 1. The van der Waals surface area contributed by atoms with Gasteiger partial charge in [0.05, 0.1) is 5.56 Å². The van der Waals surface area contributed by atoms with Crippen molar-refractivity contribution < 1.29 is 17.6 Å². The molecule has 112 valence electrons. The van der Waals surface area contributed by atoms with E-state index >= 15 is 0 Å². The highest BCUT2D eigenvalue weighted by Crippen LogP contribution is 2.35. The van der Waals surface area contributed by atoms with Gasteiger partial charge in [0.25, 0.3) is 0 Å². The van der Waals surface area contributed by atoms with Crippen molar-refractivity contribution in [2.24, 2.45) is 0 Å². The first kappa shape index (κ1) is 15.6. The predicted octanol–water partition coefficient (Wildman–Crippen LogP) is 4.82. The second kappa shape index (κ2) is 6.34. The topological polar surface area (TPSA) is 24.9 Å². The summed E-state index contributed by atoms with van der Waals surface area (Å²) in [4.78, 5) is 4.58. The van der Waals surface area contributed by atoms with Gasteiger partial charge in [-0.05, 0) is 37.3 Å². The van der Waals surface area contributed by atoms with Gasteiger partial charge < -0.3 is 5.32 Å². The molecule has 0 amide bonds. The first-order valence-electron chi connectivity index (χ1n) is 6.15. The van der Waals surface area contributed by atoms with Crippen LogP contribution in [0.5, 0.6) is 0 Å². The SMILES string of the molecule is CCNc1cc(C(F)(F)F)cc(Sc2cccc(F)c2)n1. The Morgan fingerprint density at radius 2 is 1.95 bits per heavy atom. The molecule has 1 N–H and O–H groups in total. The molecule has 1 aromatic carbocycles. The third-order valence-electron chi connectivity index (χ3n) is 2.51. The Hall–Kier alpha value is -1.76.